The van der Waals surface area contributed by atoms with E-state index < -0.39 is 27.8 Å². The van der Waals surface area contributed by atoms with Gasteiger partial charge in [0, 0.05) is 59.3 Å². The second kappa shape index (κ2) is 15.6. The van der Waals surface area contributed by atoms with Crippen LogP contribution in [-0.2, 0) is 26.0 Å². The van der Waals surface area contributed by atoms with Gasteiger partial charge in [0.2, 0.25) is 5.91 Å². The maximum atomic E-state index is 13.2. The summed E-state index contributed by atoms with van der Waals surface area (Å²) in [7, 11) is -3.87. The number of hydrogen-bond donors (Lipinski definition) is 3. The van der Waals surface area contributed by atoms with E-state index in [1.54, 1.807) is 93.8 Å². The van der Waals surface area contributed by atoms with Gasteiger partial charge in [-0.05, 0) is 75.2 Å². The van der Waals surface area contributed by atoms with Crippen molar-refractivity contribution in [3.63, 3.8) is 0 Å². The molecule has 0 saturated heterocycles. The van der Waals surface area contributed by atoms with Crippen molar-refractivity contribution < 1.29 is 27.9 Å². The summed E-state index contributed by atoms with van der Waals surface area (Å²) in [5.74, 6) is -0.139. The maximum Gasteiger partial charge on any atom is 0.410 e. The number of nitrogens with one attached hydrogen (secondary N) is 2. The zero-order chi connectivity index (χ0) is 35.9. The number of aliphatic hydroxyl groups excluding tert-OH is 1. The van der Waals surface area contributed by atoms with E-state index in [2.05, 4.69) is 15.0 Å². The lowest BCUT2D eigenvalue weighted by Crippen LogP contribution is -2.40. The number of aliphatic hydroxyl groups is 1. The van der Waals surface area contributed by atoms with Crippen LogP contribution in [0.25, 0.3) is 21.8 Å². The van der Waals surface area contributed by atoms with Crippen LogP contribution in [0.15, 0.2) is 108 Å². The lowest BCUT2D eigenvalue weighted by Gasteiger charge is -2.29. The predicted octanol–water partition coefficient (Wildman–Crippen LogP) is 7.14. The van der Waals surface area contributed by atoms with Crippen molar-refractivity contribution in [2.45, 2.75) is 50.7 Å². The molecule has 0 aliphatic rings. The fourth-order valence-electron chi connectivity index (χ4n) is 4.93. The molecule has 5 aromatic rings. The highest BCUT2D eigenvalue weighted by atomic mass is 32.2. The molecule has 0 aliphatic carbocycles. The van der Waals surface area contributed by atoms with Crippen LogP contribution >= 0.6 is 11.3 Å². The third-order valence-electron chi connectivity index (χ3n) is 7.41. The molecule has 0 unspecified atom stereocenters. The number of amides is 2. The molecular weight excluding hydrogens is 675 g/mol. The molecule has 0 aliphatic heterocycles. The van der Waals surface area contributed by atoms with Crippen LogP contribution in [0.2, 0.25) is 0 Å². The van der Waals surface area contributed by atoms with Gasteiger partial charge in [0.1, 0.15) is 10.6 Å². The van der Waals surface area contributed by atoms with E-state index in [0.29, 0.717) is 23.4 Å². The molecule has 3 N–H and O–H groups in total. The van der Waals surface area contributed by atoms with Gasteiger partial charge in [-0.2, -0.15) is 0 Å². The molecule has 260 valence electrons. The number of ether oxygens (including phenoxy) is 1. The summed E-state index contributed by atoms with van der Waals surface area (Å²) in [6.07, 6.45) is 2.14. The molecule has 50 heavy (non-hydrogen) atoms. The highest BCUT2D eigenvalue weighted by Gasteiger charge is 2.25. The van der Waals surface area contributed by atoms with Crippen molar-refractivity contribution in [3.05, 3.63) is 114 Å². The van der Waals surface area contributed by atoms with Crippen molar-refractivity contribution in [2.24, 2.45) is 0 Å². The minimum atomic E-state index is -3.87. The number of carbonyl (C=O) groups excluding carboxylic acids is 2. The predicted molar refractivity (Wildman–Crippen MR) is 195 cm³/mol. The minimum absolute atomic E-state index is 0.0237. The quantitative estimate of drug-likeness (QED) is 0.123. The van der Waals surface area contributed by atoms with Gasteiger partial charge in [0.05, 0.1) is 23.2 Å². The van der Waals surface area contributed by atoms with Crippen LogP contribution in [0.3, 0.4) is 0 Å². The number of carbonyl (C=O) groups is 2. The third kappa shape index (κ3) is 9.97. The second-order valence-electron chi connectivity index (χ2n) is 12.6. The van der Waals surface area contributed by atoms with Crippen molar-refractivity contribution in [1.29, 1.82) is 0 Å². The number of sulfonamides is 1. The lowest BCUT2D eigenvalue weighted by atomic mass is 10.1. The van der Waals surface area contributed by atoms with Gasteiger partial charge in [-0.3, -0.25) is 14.5 Å². The maximum absolute atomic E-state index is 13.2. The number of nitrogens with zero attached hydrogens (tertiary/aromatic N) is 3. The van der Waals surface area contributed by atoms with E-state index in [1.165, 1.54) is 23.2 Å². The number of benzene rings is 3. The molecule has 13 heteroatoms. The molecular formula is C37H39N5O6S2. The summed E-state index contributed by atoms with van der Waals surface area (Å²) in [5, 5.41) is 16.2. The molecule has 5 rings (SSSR count). The van der Waals surface area contributed by atoms with Gasteiger partial charge >= 0.3 is 6.09 Å². The van der Waals surface area contributed by atoms with Crippen molar-refractivity contribution in [3.8, 4) is 21.8 Å². The average Bonchev–Trinajstić information content (AvgIpc) is 3.57. The van der Waals surface area contributed by atoms with E-state index in [0.717, 1.165) is 27.4 Å². The Kier molecular flexibility index (Phi) is 11.3. The number of hydrogen-bond acceptors (Lipinski definition) is 9. The Labute approximate surface area is 296 Å². The summed E-state index contributed by atoms with van der Waals surface area (Å²) < 4.78 is 34.6. The molecule has 2 heterocycles. The number of aromatic nitrogens is 2. The highest BCUT2D eigenvalue weighted by molar-refractivity contribution is 7.92. The number of anilines is 2. The van der Waals surface area contributed by atoms with Crippen LogP contribution in [0.4, 0.5) is 16.2 Å². The third-order valence-corrected chi connectivity index (χ3v) is 9.70. The standard InChI is InChI=1S/C37H39N5O6S2/c1-25(43)39-30-15-9-27(10-16-30)33-24-49-35(40-33)28-11-17-32(18-12-28)50(46,47)41-31-13-7-26(8-14-31)19-21-42(36(45)48-37(2,3)4)23-34(44)29-6-5-20-38-22-29/h5-18,20,22,24,34,41,44H,19,21,23H2,1-4H3,(H,39,43)/t34-/m0/s1. The van der Waals surface area contributed by atoms with Crippen LogP contribution in [0.1, 0.15) is 44.9 Å². The first kappa shape index (κ1) is 36.2. The Morgan fingerprint density at radius 3 is 2.22 bits per heavy atom. The largest absolute Gasteiger partial charge is 0.444 e. The van der Waals surface area contributed by atoms with E-state index in [9.17, 15) is 23.1 Å². The average molecular weight is 714 g/mol. The zero-order valence-electron chi connectivity index (χ0n) is 28.2. The zero-order valence-corrected chi connectivity index (χ0v) is 29.8. The fourth-order valence-corrected chi connectivity index (χ4v) is 6.83. The first-order valence-corrected chi connectivity index (χ1v) is 18.2. The molecule has 0 radical (unpaired) electrons. The summed E-state index contributed by atoms with van der Waals surface area (Å²) in [4.78, 5) is 34.6. The fraction of sp³-hybridized carbons (Fsp3) is 0.243. The smallest absolute Gasteiger partial charge is 0.410 e. The van der Waals surface area contributed by atoms with Gasteiger partial charge in [0.15, 0.2) is 0 Å². The molecule has 1 atom stereocenters. The van der Waals surface area contributed by atoms with Crippen molar-refractivity contribution >= 4 is 44.7 Å². The molecule has 2 amide bonds. The lowest BCUT2D eigenvalue weighted by molar-refractivity contribution is -0.114. The topological polar surface area (TPSA) is 151 Å². The molecule has 0 saturated carbocycles. The van der Waals surface area contributed by atoms with Gasteiger partial charge < -0.3 is 20.1 Å². The van der Waals surface area contributed by atoms with Crippen LogP contribution < -0.4 is 10.0 Å². The van der Waals surface area contributed by atoms with E-state index in [4.69, 9.17) is 9.72 Å². The first-order chi connectivity index (χ1) is 23.8. The van der Waals surface area contributed by atoms with E-state index >= 15 is 0 Å². The highest BCUT2D eigenvalue weighted by Crippen LogP contribution is 2.30. The normalized spacial score (nSPS) is 12.2. The summed E-state index contributed by atoms with van der Waals surface area (Å²) in [6.45, 7) is 7.10. The SMILES string of the molecule is CC(=O)Nc1ccc(-c2csc(-c3ccc(S(=O)(=O)Nc4ccc(CCN(C[C@H](O)c5cccnc5)C(=O)OC(C)(C)C)cc4)cc3)n2)cc1. The monoisotopic (exact) mass is 713 g/mol. The molecule has 2 aromatic heterocycles. The van der Waals surface area contributed by atoms with Gasteiger partial charge in [-0.1, -0.05) is 42.5 Å². The van der Waals surface area contributed by atoms with Gasteiger partial charge in [0.25, 0.3) is 10.0 Å². The Hall–Kier alpha value is -5.11. The molecule has 0 spiro atoms. The number of thiazole rings is 1. The first-order valence-electron chi connectivity index (χ1n) is 15.9. The Bertz CT molecular complexity index is 2010. The van der Waals surface area contributed by atoms with Gasteiger partial charge in [-0.25, -0.2) is 18.2 Å². The number of rotatable bonds is 12. The summed E-state index contributed by atoms with van der Waals surface area (Å²) in [6, 6.07) is 24.3. The van der Waals surface area contributed by atoms with Crippen LogP contribution in [0.5, 0.6) is 0 Å². The summed E-state index contributed by atoms with van der Waals surface area (Å²) >= 11 is 1.45. The molecule has 11 nitrogen and oxygen atoms in total. The van der Waals surface area contributed by atoms with Crippen LogP contribution in [0, 0.1) is 0 Å². The van der Waals surface area contributed by atoms with Gasteiger partial charge in [-0.15, -0.1) is 11.3 Å². The number of pyridine rings is 1. The van der Waals surface area contributed by atoms with Crippen molar-refractivity contribution in [1.82, 2.24) is 14.9 Å². The molecule has 3 aromatic carbocycles. The molecule has 0 fully saturated rings. The minimum Gasteiger partial charge on any atom is -0.444 e. The molecule has 0 bridgehead atoms. The van der Waals surface area contributed by atoms with E-state index in [1.807, 2.05) is 29.6 Å². The Morgan fingerprint density at radius 1 is 0.940 bits per heavy atom. The summed E-state index contributed by atoms with van der Waals surface area (Å²) in [5.41, 5.74) is 4.31. The second-order valence-corrected chi connectivity index (χ2v) is 15.1. The van der Waals surface area contributed by atoms with Crippen LogP contribution in [-0.4, -0.2) is 59.1 Å². The van der Waals surface area contributed by atoms with Crippen molar-refractivity contribution in [2.75, 3.05) is 23.1 Å². The Morgan fingerprint density at radius 2 is 1.60 bits per heavy atom. The van der Waals surface area contributed by atoms with E-state index in [-0.39, 0.29) is 23.9 Å². The Balaban J connectivity index is 1.20.